The Labute approximate surface area is 101 Å². The second kappa shape index (κ2) is 5.48. The molecule has 3 nitrogen and oxygen atoms in total. The molecule has 1 rings (SSSR count). The average Bonchev–Trinajstić information content (AvgIpc) is 2.26. The van der Waals surface area contributed by atoms with Crippen molar-refractivity contribution >= 4 is 18.4 Å². The van der Waals surface area contributed by atoms with Gasteiger partial charge < -0.3 is 10.2 Å². The molecule has 0 amide bonds. The topological polar surface area (TPSA) is 57.5 Å². The van der Waals surface area contributed by atoms with Crippen LogP contribution in [0.5, 0.6) is 0 Å². The molecule has 0 aliphatic rings. The van der Waals surface area contributed by atoms with Gasteiger partial charge in [-0.15, -0.1) is 0 Å². The van der Waals surface area contributed by atoms with E-state index in [0.29, 0.717) is 11.1 Å². The summed E-state index contributed by atoms with van der Waals surface area (Å²) in [6.07, 6.45) is -1.86. The largest absolute Gasteiger partial charge is 0.389 e. The van der Waals surface area contributed by atoms with Crippen LogP contribution < -0.4 is 0 Å². The molecule has 0 saturated carbocycles. The molecule has 1 aromatic rings. The number of rotatable bonds is 4. The van der Waals surface area contributed by atoms with E-state index >= 15 is 0 Å². The van der Waals surface area contributed by atoms with Gasteiger partial charge in [0.15, 0.2) is 5.78 Å². The summed E-state index contributed by atoms with van der Waals surface area (Å²) in [7, 11) is 0. The number of aliphatic hydroxyl groups is 2. The zero-order valence-electron chi connectivity index (χ0n) is 9.34. The summed E-state index contributed by atoms with van der Waals surface area (Å²) in [6, 6.07) is 5.04. The van der Waals surface area contributed by atoms with E-state index in [1.807, 2.05) is 0 Å². The summed E-state index contributed by atoms with van der Waals surface area (Å²) in [6.45, 7) is 3.31. The number of hydrogen-bond acceptors (Lipinski definition) is 4. The van der Waals surface area contributed by atoms with Crippen molar-refractivity contribution in [3.8, 4) is 0 Å². The molecule has 2 atom stereocenters. The van der Waals surface area contributed by atoms with Gasteiger partial charge in [-0.2, -0.15) is 12.6 Å². The lowest BCUT2D eigenvalue weighted by Gasteiger charge is -2.17. The van der Waals surface area contributed by atoms with Crippen LogP contribution in [0.1, 0.15) is 34.5 Å². The Hall–Kier alpha value is -0.840. The van der Waals surface area contributed by atoms with E-state index in [0.717, 1.165) is 5.56 Å². The molecule has 2 unspecified atom stereocenters. The standard InChI is InChI=1S/C12H16O3S/c1-7-5-9(12(15)11(14)6-16)3-4-10(7)8(2)13/h3-5,11-12,14-16H,6H2,1-2H3. The number of thiol groups is 1. The molecule has 0 aromatic heterocycles. The molecule has 4 heteroatoms. The maximum Gasteiger partial charge on any atom is 0.160 e. The molecule has 16 heavy (non-hydrogen) atoms. The fourth-order valence-electron chi connectivity index (χ4n) is 1.59. The van der Waals surface area contributed by atoms with Gasteiger partial charge in [-0.05, 0) is 25.0 Å². The molecule has 0 saturated heterocycles. The van der Waals surface area contributed by atoms with Crippen LogP contribution in [0.4, 0.5) is 0 Å². The van der Waals surface area contributed by atoms with E-state index in [4.69, 9.17) is 0 Å². The number of hydrogen-bond donors (Lipinski definition) is 3. The van der Waals surface area contributed by atoms with Crippen LogP contribution in [0.25, 0.3) is 0 Å². The number of benzene rings is 1. The van der Waals surface area contributed by atoms with Gasteiger partial charge in [0, 0.05) is 11.3 Å². The van der Waals surface area contributed by atoms with Gasteiger partial charge in [0.2, 0.25) is 0 Å². The van der Waals surface area contributed by atoms with E-state index in [-0.39, 0.29) is 11.5 Å². The first-order valence-corrected chi connectivity index (χ1v) is 5.69. The Balaban J connectivity index is 3.01. The van der Waals surface area contributed by atoms with Crippen molar-refractivity contribution in [1.82, 2.24) is 0 Å². The fourth-order valence-corrected chi connectivity index (χ4v) is 1.79. The number of ketones is 1. The fraction of sp³-hybridized carbons (Fsp3) is 0.417. The smallest absolute Gasteiger partial charge is 0.160 e. The number of Topliss-reactive ketones (excluding diaryl/α,β-unsaturated/α-hetero) is 1. The third kappa shape index (κ3) is 2.84. The second-order valence-corrected chi connectivity index (χ2v) is 4.19. The molecule has 0 spiro atoms. The lowest BCUT2D eigenvalue weighted by atomic mass is 9.98. The first kappa shape index (κ1) is 13.2. The molecular weight excluding hydrogens is 224 g/mol. The summed E-state index contributed by atoms with van der Waals surface area (Å²) in [5.74, 6) is 0.183. The first-order valence-electron chi connectivity index (χ1n) is 5.06. The highest BCUT2D eigenvalue weighted by Gasteiger charge is 2.17. The molecule has 0 radical (unpaired) electrons. The van der Waals surface area contributed by atoms with Crippen LogP contribution in [0.15, 0.2) is 18.2 Å². The quantitative estimate of drug-likeness (QED) is 0.552. The number of aliphatic hydroxyl groups excluding tert-OH is 2. The normalized spacial score (nSPS) is 14.6. The molecule has 0 heterocycles. The van der Waals surface area contributed by atoms with Crippen LogP contribution in [0.2, 0.25) is 0 Å². The summed E-state index contributed by atoms with van der Waals surface area (Å²) in [4.78, 5) is 11.2. The van der Waals surface area contributed by atoms with Crippen molar-refractivity contribution in [2.75, 3.05) is 5.75 Å². The van der Waals surface area contributed by atoms with Gasteiger partial charge in [-0.3, -0.25) is 4.79 Å². The van der Waals surface area contributed by atoms with Crippen molar-refractivity contribution in [1.29, 1.82) is 0 Å². The molecule has 88 valence electrons. The van der Waals surface area contributed by atoms with Crippen LogP contribution in [0, 0.1) is 6.92 Å². The van der Waals surface area contributed by atoms with Gasteiger partial charge >= 0.3 is 0 Å². The second-order valence-electron chi connectivity index (χ2n) is 3.83. The van der Waals surface area contributed by atoms with E-state index in [2.05, 4.69) is 12.6 Å². The highest BCUT2D eigenvalue weighted by molar-refractivity contribution is 7.80. The van der Waals surface area contributed by atoms with Gasteiger partial charge in [-0.25, -0.2) is 0 Å². The molecule has 1 aromatic carbocycles. The van der Waals surface area contributed by atoms with E-state index in [9.17, 15) is 15.0 Å². The Bertz CT molecular complexity index is 390. The molecule has 0 aliphatic heterocycles. The number of carbonyl (C=O) groups is 1. The van der Waals surface area contributed by atoms with Crippen LogP contribution in [0.3, 0.4) is 0 Å². The highest BCUT2D eigenvalue weighted by atomic mass is 32.1. The van der Waals surface area contributed by atoms with E-state index in [1.54, 1.807) is 25.1 Å². The maximum absolute atomic E-state index is 11.2. The Kier molecular flexibility index (Phi) is 4.53. The van der Waals surface area contributed by atoms with Gasteiger partial charge in [0.1, 0.15) is 6.10 Å². The Morgan fingerprint density at radius 3 is 2.50 bits per heavy atom. The first-order chi connectivity index (χ1) is 7.47. The summed E-state index contributed by atoms with van der Waals surface area (Å²) >= 11 is 3.92. The summed E-state index contributed by atoms with van der Waals surface area (Å²) in [5, 5.41) is 19.2. The molecular formula is C12H16O3S. The minimum Gasteiger partial charge on any atom is -0.389 e. The molecule has 0 aliphatic carbocycles. The SMILES string of the molecule is CC(=O)c1ccc(C(O)C(O)CS)cc1C. The zero-order valence-corrected chi connectivity index (χ0v) is 10.2. The lowest BCUT2D eigenvalue weighted by Crippen LogP contribution is -2.20. The van der Waals surface area contributed by atoms with Crippen molar-refractivity contribution in [3.63, 3.8) is 0 Å². The van der Waals surface area contributed by atoms with Crippen molar-refractivity contribution < 1.29 is 15.0 Å². The van der Waals surface area contributed by atoms with Gasteiger partial charge in [-0.1, -0.05) is 18.2 Å². The third-order valence-electron chi connectivity index (χ3n) is 2.52. The maximum atomic E-state index is 11.2. The number of aryl methyl sites for hydroxylation is 1. The van der Waals surface area contributed by atoms with Gasteiger partial charge in [0.05, 0.1) is 6.10 Å². The van der Waals surface area contributed by atoms with E-state index in [1.165, 1.54) is 6.92 Å². The van der Waals surface area contributed by atoms with Gasteiger partial charge in [0.25, 0.3) is 0 Å². The predicted octanol–water partition coefficient (Wildman–Crippen LogP) is 1.52. The average molecular weight is 240 g/mol. The molecule has 0 bridgehead atoms. The Morgan fingerprint density at radius 1 is 1.44 bits per heavy atom. The summed E-state index contributed by atoms with van der Waals surface area (Å²) in [5.41, 5.74) is 2.04. The highest BCUT2D eigenvalue weighted by Crippen LogP contribution is 2.21. The van der Waals surface area contributed by atoms with Crippen LogP contribution in [-0.2, 0) is 0 Å². The Morgan fingerprint density at radius 2 is 2.06 bits per heavy atom. The van der Waals surface area contributed by atoms with Crippen LogP contribution >= 0.6 is 12.6 Å². The zero-order chi connectivity index (χ0) is 12.3. The molecule has 2 N–H and O–H groups in total. The lowest BCUT2D eigenvalue weighted by molar-refractivity contribution is 0.0337. The van der Waals surface area contributed by atoms with Crippen molar-refractivity contribution in [3.05, 3.63) is 34.9 Å². The van der Waals surface area contributed by atoms with Crippen molar-refractivity contribution in [2.24, 2.45) is 0 Å². The molecule has 0 fully saturated rings. The third-order valence-corrected chi connectivity index (χ3v) is 2.90. The monoisotopic (exact) mass is 240 g/mol. The summed E-state index contributed by atoms with van der Waals surface area (Å²) < 4.78 is 0. The number of carbonyl (C=O) groups excluding carboxylic acids is 1. The van der Waals surface area contributed by atoms with E-state index < -0.39 is 12.2 Å². The predicted molar refractivity (Wildman–Crippen MR) is 66.0 cm³/mol. The van der Waals surface area contributed by atoms with Crippen LogP contribution in [-0.4, -0.2) is 27.9 Å². The minimum absolute atomic E-state index is 0.00622. The van der Waals surface area contributed by atoms with Crippen molar-refractivity contribution in [2.45, 2.75) is 26.1 Å². The minimum atomic E-state index is -0.961.